The number of aliphatic carboxylic acids is 1. The molecule has 18 heavy (non-hydrogen) atoms. The van der Waals surface area contributed by atoms with Crippen LogP contribution in [0.2, 0.25) is 0 Å². The molecular weight excluding hydrogens is 230 g/mol. The minimum Gasteiger partial charge on any atom is -0.479 e. The second-order valence-corrected chi connectivity index (χ2v) is 5.78. The van der Waals surface area contributed by atoms with Crippen LogP contribution in [0.3, 0.4) is 0 Å². The molecular formula is C14H23NO3. The van der Waals surface area contributed by atoms with Crippen LogP contribution in [0.25, 0.3) is 0 Å². The van der Waals surface area contributed by atoms with Crippen molar-refractivity contribution >= 4 is 11.9 Å². The van der Waals surface area contributed by atoms with Gasteiger partial charge in [-0.05, 0) is 25.7 Å². The predicted octanol–water partition coefficient (Wildman–Crippen LogP) is 2.42. The number of carbonyl (C=O) groups is 2. The second kappa shape index (κ2) is 5.29. The molecule has 2 aliphatic carbocycles. The van der Waals surface area contributed by atoms with Crippen molar-refractivity contribution < 1.29 is 14.7 Å². The highest BCUT2D eigenvalue weighted by atomic mass is 16.4. The Morgan fingerprint density at radius 1 is 1.06 bits per heavy atom. The van der Waals surface area contributed by atoms with Gasteiger partial charge >= 0.3 is 5.97 Å². The number of nitrogens with zero attached hydrogens (tertiary/aromatic N) is 1. The standard InChI is InChI=1S/C14H23NO3/c1-15(12(16)11-7-3-4-8-11)14(13(17)18)9-5-2-6-10-14/h11H,2-10H2,1H3,(H,17,18). The summed E-state index contributed by atoms with van der Waals surface area (Å²) in [5, 5.41) is 9.56. The van der Waals surface area contributed by atoms with Crippen molar-refractivity contribution in [3.63, 3.8) is 0 Å². The molecule has 0 atom stereocenters. The summed E-state index contributed by atoms with van der Waals surface area (Å²) < 4.78 is 0. The third kappa shape index (κ3) is 2.25. The van der Waals surface area contributed by atoms with Crippen LogP contribution < -0.4 is 0 Å². The van der Waals surface area contributed by atoms with Crippen LogP contribution in [-0.2, 0) is 9.59 Å². The van der Waals surface area contributed by atoms with Gasteiger partial charge in [0.1, 0.15) is 5.54 Å². The van der Waals surface area contributed by atoms with E-state index in [2.05, 4.69) is 0 Å². The van der Waals surface area contributed by atoms with Crippen LogP contribution in [0.1, 0.15) is 57.8 Å². The van der Waals surface area contributed by atoms with Crippen molar-refractivity contribution in [2.75, 3.05) is 7.05 Å². The fraction of sp³-hybridized carbons (Fsp3) is 0.857. The maximum Gasteiger partial charge on any atom is 0.329 e. The van der Waals surface area contributed by atoms with Crippen molar-refractivity contribution in [1.29, 1.82) is 0 Å². The van der Waals surface area contributed by atoms with Crippen molar-refractivity contribution in [1.82, 2.24) is 4.90 Å². The second-order valence-electron chi connectivity index (χ2n) is 5.78. The van der Waals surface area contributed by atoms with Gasteiger partial charge in [0.05, 0.1) is 0 Å². The van der Waals surface area contributed by atoms with Gasteiger partial charge in [-0.1, -0.05) is 32.1 Å². The van der Waals surface area contributed by atoms with E-state index in [0.29, 0.717) is 12.8 Å². The van der Waals surface area contributed by atoms with E-state index >= 15 is 0 Å². The molecule has 2 rings (SSSR count). The zero-order valence-corrected chi connectivity index (χ0v) is 11.2. The third-order valence-corrected chi connectivity index (χ3v) is 4.76. The zero-order valence-electron chi connectivity index (χ0n) is 11.2. The molecule has 0 aliphatic heterocycles. The summed E-state index contributed by atoms with van der Waals surface area (Å²) in [5.74, 6) is -0.707. The molecule has 0 heterocycles. The fourth-order valence-electron chi connectivity index (χ4n) is 3.49. The Morgan fingerprint density at radius 3 is 2.11 bits per heavy atom. The molecule has 0 unspecified atom stereocenters. The maximum atomic E-state index is 12.4. The fourth-order valence-corrected chi connectivity index (χ4v) is 3.49. The zero-order chi connectivity index (χ0) is 13.2. The summed E-state index contributed by atoms with van der Waals surface area (Å²) in [4.78, 5) is 25.6. The van der Waals surface area contributed by atoms with E-state index in [4.69, 9.17) is 0 Å². The van der Waals surface area contributed by atoms with Crippen LogP contribution in [0.4, 0.5) is 0 Å². The van der Waals surface area contributed by atoms with Crippen molar-refractivity contribution in [2.45, 2.75) is 63.3 Å². The molecule has 0 saturated heterocycles. The van der Waals surface area contributed by atoms with Crippen LogP contribution in [0.15, 0.2) is 0 Å². The van der Waals surface area contributed by atoms with Gasteiger partial charge in [-0.3, -0.25) is 4.79 Å². The number of carboxylic acids is 1. The average molecular weight is 253 g/mol. The number of hydrogen-bond donors (Lipinski definition) is 1. The number of rotatable bonds is 3. The van der Waals surface area contributed by atoms with E-state index in [-0.39, 0.29) is 11.8 Å². The Bertz CT molecular complexity index is 328. The summed E-state index contributed by atoms with van der Waals surface area (Å²) in [7, 11) is 1.69. The number of carbonyl (C=O) groups excluding carboxylic acids is 1. The first-order valence-corrected chi connectivity index (χ1v) is 7.09. The lowest BCUT2D eigenvalue weighted by Crippen LogP contribution is -2.57. The highest BCUT2D eigenvalue weighted by Crippen LogP contribution is 2.36. The lowest BCUT2D eigenvalue weighted by molar-refractivity contribution is -0.162. The van der Waals surface area contributed by atoms with E-state index in [0.717, 1.165) is 44.9 Å². The number of carboxylic acid groups (broad SMARTS) is 1. The molecule has 4 heteroatoms. The molecule has 0 radical (unpaired) electrons. The molecule has 0 aromatic carbocycles. The molecule has 1 amide bonds. The van der Waals surface area contributed by atoms with Gasteiger partial charge < -0.3 is 10.0 Å². The number of likely N-dealkylation sites (N-methyl/N-ethyl adjacent to an activating group) is 1. The highest BCUT2D eigenvalue weighted by Gasteiger charge is 2.46. The molecule has 0 aromatic rings. The van der Waals surface area contributed by atoms with Gasteiger partial charge in [0.15, 0.2) is 0 Å². The largest absolute Gasteiger partial charge is 0.479 e. The molecule has 0 bridgehead atoms. The van der Waals surface area contributed by atoms with E-state index in [1.807, 2.05) is 0 Å². The number of amides is 1. The normalized spacial score (nSPS) is 23.8. The quantitative estimate of drug-likeness (QED) is 0.840. The first-order valence-electron chi connectivity index (χ1n) is 7.09. The van der Waals surface area contributed by atoms with Gasteiger partial charge in [0, 0.05) is 13.0 Å². The van der Waals surface area contributed by atoms with Crippen LogP contribution >= 0.6 is 0 Å². The van der Waals surface area contributed by atoms with Crippen LogP contribution in [-0.4, -0.2) is 34.5 Å². The molecule has 102 valence electrons. The van der Waals surface area contributed by atoms with Gasteiger partial charge in [-0.15, -0.1) is 0 Å². The molecule has 4 nitrogen and oxygen atoms in total. The Balaban J connectivity index is 2.14. The summed E-state index contributed by atoms with van der Waals surface area (Å²) in [5.41, 5.74) is -0.933. The van der Waals surface area contributed by atoms with Gasteiger partial charge in [-0.2, -0.15) is 0 Å². The van der Waals surface area contributed by atoms with Gasteiger partial charge in [0.2, 0.25) is 5.91 Å². The SMILES string of the molecule is CN(C(=O)C1CCCC1)C1(C(=O)O)CCCCC1. The molecule has 2 saturated carbocycles. The first-order chi connectivity index (χ1) is 8.58. The average Bonchev–Trinajstić information content (AvgIpc) is 2.91. The Kier molecular flexibility index (Phi) is 3.93. The van der Waals surface area contributed by atoms with Crippen molar-refractivity contribution in [3.8, 4) is 0 Å². The third-order valence-electron chi connectivity index (χ3n) is 4.76. The molecule has 2 fully saturated rings. The van der Waals surface area contributed by atoms with Crippen molar-refractivity contribution in [2.24, 2.45) is 5.92 Å². The lowest BCUT2D eigenvalue weighted by Gasteiger charge is -2.42. The Hall–Kier alpha value is -1.06. The smallest absolute Gasteiger partial charge is 0.329 e. The molecule has 0 aromatic heterocycles. The van der Waals surface area contributed by atoms with Crippen molar-refractivity contribution in [3.05, 3.63) is 0 Å². The summed E-state index contributed by atoms with van der Waals surface area (Å²) >= 11 is 0. The van der Waals surface area contributed by atoms with Gasteiger partial charge in [-0.25, -0.2) is 4.79 Å². The van der Waals surface area contributed by atoms with E-state index in [1.54, 1.807) is 11.9 Å². The highest BCUT2D eigenvalue weighted by molar-refractivity contribution is 5.88. The molecule has 1 N–H and O–H groups in total. The Morgan fingerprint density at radius 2 is 1.61 bits per heavy atom. The van der Waals surface area contributed by atoms with Crippen LogP contribution in [0, 0.1) is 5.92 Å². The van der Waals surface area contributed by atoms with E-state index < -0.39 is 11.5 Å². The van der Waals surface area contributed by atoms with E-state index in [9.17, 15) is 14.7 Å². The van der Waals surface area contributed by atoms with Gasteiger partial charge in [0.25, 0.3) is 0 Å². The Labute approximate surface area is 108 Å². The lowest BCUT2D eigenvalue weighted by atomic mass is 9.80. The number of hydrogen-bond acceptors (Lipinski definition) is 2. The predicted molar refractivity (Wildman–Crippen MR) is 68.2 cm³/mol. The molecule has 0 spiro atoms. The summed E-state index contributed by atoms with van der Waals surface area (Å²) in [6.07, 6.45) is 8.19. The minimum atomic E-state index is -0.933. The minimum absolute atomic E-state index is 0.0526. The monoisotopic (exact) mass is 253 g/mol. The summed E-state index contributed by atoms with van der Waals surface area (Å²) in [6, 6.07) is 0. The summed E-state index contributed by atoms with van der Waals surface area (Å²) in [6.45, 7) is 0. The van der Waals surface area contributed by atoms with E-state index in [1.165, 1.54) is 0 Å². The first kappa shape index (κ1) is 13.4. The topological polar surface area (TPSA) is 57.6 Å². The maximum absolute atomic E-state index is 12.4. The van der Waals surface area contributed by atoms with Crippen LogP contribution in [0.5, 0.6) is 0 Å². The molecule has 2 aliphatic rings.